The fourth-order valence-corrected chi connectivity index (χ4v) is 2.62. The second kappa shape index (κ2) is 7.34. The molecule has 1 N–H and O–H groups in total. The molecular formula is C14H30N2O. The number of hydrogen-bond acceptors (Lipinski definition) is 3. The van der Waals surface area contributed by atoms with Gasteiger partial charge in [0.2, 0.25) is 0 Å². The van der Waals surface area contributed by atoms with Crippen molar-refractivity contribution in [2.24, 2.45) is 0 Å². The van der Waals surface area contributed by atoms with Crippen molar-refractivity contribution in [3.05, 3.63) is 0 Å². The van der Waals surface area contributed by atoms with Crippen molar-refractivity contribution in [2.75, 3.05) is 32.8 Å². The van der Waals surface area contributed by atoms with Gasteiger partial charge in [-0.05, 0) is 59.7 Å². The molecule has 3 nitrogen and oxygen atoms in total. The van der Waals surface area contributed by atoms with Crippen LogP contribution in [0.1, 0.15) is 47.0 Å². The number of likely N-dealkylation sites (tertiary alicyclic amines) is 1. The van der Waals surface area contributed by atoms with Gasteiger partial charge in [0, 0.05) is 19.2 Å². The van der Waals surface area contributed by atoms with E-state index in [-0.39, 0.29) is 5.60 Å². The Hall–Kier alpha value is -0.120. The quantitative estimate of drug-likeness (QED) is 0.741. The van der Waals surface area contributed by atoms with Gasteiger partial charge >= 0.3 is 0 Å². The highest BCUT2D eigenvalue weighted by Crippen LogP contribution is 2.16. The van der Waals surface area contributed by atoms with Crippen molar-refractivity contribution < 1.29 is 4.74 Å². The van der Waals surface area contributed by atoms with Crippen LogP contribution in [0.2, 0.25) is 0 Å². The Morgan fingerprint density at radius 2 is 1.88 bits per heavy atom. The molecule has 0 aromatic heterocycles. The molecule has 0 aromatic carbocycles. The molecule has 102 valence electrons. The van der Waals surface area contributed by atoms with E-state index in [1.54, 1.807) is 0 Å². The van der Waals surface area contributed by atoms with Gasteiger partial charge in [0.25, 0.3) is 0 Å². The molecule has 0 unspecified atom stereocenters. The molecule has 0 amide bonds. The third-order valence-electron chi connectivity index (χ3n) is 3.41. The van der Waals surface area contributed by atoms with Crippen LogP contribution in [-0.2, 0) is 4.74 Å². The van der Waals surface area contributed by atoms with Crippen molar-refractivity contribution >= 4 is 0 Å². The van der Waals surface area contributed by atoms with Crippen LogP contribution >= 0.6 is 0 Å². The summed E-state index contributed by atoms with van der Waals surface area (Å²) in [6.45, 7) is 14.1. The standard InChI is InChI=1S/C14H30N2O/c1-5-9-15-13-7-10-16(11-8-13)12-14(3,4)17-6-2/h13,15H,5-12H2,1-4H3. The van der Waals surface area contributed by atoms with Crippen molar-refractivity contribution in [1.82, 2.24) is 10.2 Å². The van der Waals surface area contributed by atoms with Crippen LogP contribution in [0.4, 0.5) is 0 Å². The Bertz CT molecular complexity index is 198. The second-order valence-electron chi connectivity index (χ2n) is 5.70. The number of nitrogens with one attached hydrogen (secondary N) is 1. The van der Waals surface area contributed by atoms with Gasteiger partial charge in [-0.2, -0.15) is 0 Å². The van der Waals surface area contributed by atoms with E-state index in [9.17, 15) is 0 Å². The van der Waals surface area contributed by atoms with E-state index in [0.29, 0.717) is 0 Å². The molecule has 0 saturated carbocycles. The molecule has 1 heterocycles. The minimum atomic E-state index is -0.00155. The van der Waals surface area contributed by atoms with E-state index in [1.807, 2.05) is 0 Å². The zero-order valence-corrected chi connectivity index (χ0v) is 12.1. The number of hydrogen-bond donors (Lipinski definition) is 1. The fraction of sp³-hybridized carbons (Fsp3) is 1.00. The molecular weight excluding hydrogens is 212 g/mol. The van der Waals surface area contributed by atoms with Crippen LogP contribution in [0.3, 0.4) is 0 Å². The van der Waals surface area contributed by atoms with Crippen LogP contribution in [-0.4, -0.2) is 49.3 Å². The summed E-state index contributed by atoms with van der Waals surface area (Å²) in [6, 6.07) is 0.737. The maximum Gasteiger partial charge on any atom is 0.0752 e. The molecule has 1 aliphatic rings. The van der Waals surface area contributed by atoms with Gasteiger partial charge in [-0.1, -0.05) is 6.92 Å². The van der Waals surface area contributed by atoms with Crippen molar-refractivity contribution in [3.63, 3.8) is 0 Å². The molecule has 1 rings (SSSR count). The zero-order valence-electron chi connectivity index (χ0n) is 12.1. The van der Waals surface area contributed by atoms with E-state index < -0.39 is 0 Å². The summed E-state index contributed by atoms with van der Waals surface area (Å²) < 4.78 is 5.77. The Labute approximate surface area is 107 Å². The number of nitrogens with zero attached hydrogens (tertiary/aromatic N) is 1. The van der Waals surface area contributed by atoms with Gasteiger partial charge in [0.1, 0.15) is 0 Å². The molecule has 3 heteroatoms. The number of ether oxygens (including phenoxy) is 1. The van der Waals surface area contributed by atoms with Crippen molar-refractivity contribution in [1.29, 1.82) is 0 Å². The van der Waals surface area contributed by atoms with Crippen molar-refractivity contribution in [2.45, 2.75) is 58.6 Å². The summed E-state index contributed by atoms with van der Waals surface area (Å²) in [6.07, 6.45) is 3.79. The van der Waals surface area contributed by atoms with Crippen LogP contribution in [0.5, 0.6) is 0 Å². The van der Waals surface area contributed by atoms with Gasteiger partial charge in [-0.15, -0.1) is 0 Å². The highest BCUT2D eigenvalue weighted by Gasteiger charge is 2.25. The average molecular weight is 242 g/mol. The van der Waals surface area contributed by atoms with E-state index in [2.05, 4.69) is 37.9 Å². The normalized spacial score (nSPS) is 19.8. The maximum absolute atomic E-state index is 5.77. The molecule has 1 saturated heterocycles. The molecule has 0 bridgehead atoms. The predicted octanol–water partition coefficient (Wildman–Crippen LogP) is 2.27. The lowest BCUT2D eigenvalue weighted by Crippen LogP contribution is -2.48. The minimum Gasteiger partial charge on any atom is -0.375 e. The van der Waals surface area contributed by atoms with Crippen LogP contribution in [0, 0.1) is 0 Å². The number of rotatable bonds is 7. The Morgan fingerprint density at radius 1 is 1.24 bits per heavy atom. The monoisotopic (exact) mass is 242 g/mol. The topological polar surface area (TPSA) is 24.5 Å². The Morgan fingerprint density at radius 3 is 2.41 bits per heavy atom. The third kappa shape index (κ3) is 5.84. The number of piperidine rings is 1. The lowest BCUT2D eigenvalue weighted by Gasteiger charge is -2.37. The highest BCUT2D eigenvalue weighted by atomic mass is 16.5. The largest absolute Gasteiger partial charge is 0.375 e. The van der Waals surface area contributed by atoms with Crippen LogP contribution in [0.25, 0.3) is 0 Å². The first kappa shape index (κ1) is 14.9. The second-order valence-corrected chi connectivity index (χ2v) is 5.70. The maximum atomic E-state index is 5.77. The Balaban J connectivity index is 2.22. The summed E-state index contributed by atoms with van der Waals surface area (Å²) in [5, 5.41) is 3.62. The van der Waals surface area contributed by atoms with E-state index in [0.717, 1.165) is 25.7 Å². The molecule has 0 aromatic rings. The van der Waals surface area contributed by atoms with Crippen molar-refractivity contribution in [3.8, 4) is 0 Å². The molecule has 0 aliphatic carbocycles. The van der Waals surface area contributed by atoms with Gasteiger partial charge in [-0.3, -0.25) is 0 Å². The third-order valence-corrected chi connectivity index (χ3v) is 3.41. The molecule has 0 atom stereocenters. The summed E-state index contributed by atoms with van der Waals surface area (Å²) in [5.74, 6) is 0. The van der Waals surface area contributed by atoms with E-state index >= 15 is 0 Å². The first-order valence-corrected chi connectivity index (χ1v) is 7.17. The van der Waals surface area contributed by atoms with Crippen LogP contribution in [0.15, 0.2) is 0 Å². The van der Waals surface area contributed by atoms with E-state index in [1.165, 1.54) is 32.4 Å². The zero-order chi connectivity index (χ0) is 12.7. The smallest absolute Gasteiger partial charge is 0.0752 e. The van der Waals surface area contributed by atoms with Crippen LogP contribution < -0.4 is 5.32 Å². The fourth-order valence-electron chi connectivity index (χ4n) is 2.62. The molecule has 1 aliphatic heterocycles. The molecule has 0 radical (unpaired) electrons. The van der Waals surface area contributed by atoms with Gasteiger partial charge in [0.05, 0.1) is 5.60 Å². The van der Waals surface area contributed by atoms with Gasteiger partial charge in [0.15, 0.2) is 0 Å². The molecule has 17 heavy (non-hydrogen) atoms. The van der Waals surface area contributed by atoms with Gasteiger partial charge in [-0.25, -0.2) is 0 Å². The predicted molar refractivity (Wildman–Crippen MR) is 73.5 cm³/mol. The molecule has 0 spiro atoms. The van der Waals surface area contributed by atoms with E-state index in [4.69, 9.17) is 4.74 Å². The Kier molecular flexibility index (Phi) is 6.45. The lowest BCUT2D eigenvalue weighted by atomic mass is 10.0. The average Bonchev–Trinajstić information content (AvgIpc) is 2.27. The summed E-state index contributed by atoms with van der Waals surface area (Å²) >= 11 is 0. The summed E-state index contributed by atoms with van der Waals surface area (Å²) in [7, 11) is 0. The first-order valence-electron chi connectivity index (χ1n) is 7.17. The highest BCUT2D eigenvalue weighted by molar-refractivity contribution is 4.81. The molecule has 1 fully saturated rings. The first-order chi connectivity index (χ1) is 8.07. The minimum absolute atomic E-state index is 0.00155. The summed E-state index contributed by atoms with van der Waals surface area (Å²) in [5.41, 5.74) is -0.00155. The van der Waals surface area contributed by atoms with Gasteiger partial charge < -0.3 is 15.0 Å². The summed E-state index contributed by atoms with van der Waals surface area (Å²) in [4.78, 5) is 2.54. The SMILES string of the molecule is CCCNC1CCN(CC(C)(C)OCC)CC1. The lowest BCUT2D eigenvalue weighted by molar-refractivity contribution is -0.0382.